The lowest BCUT2D eigenvalue weighted by atomic mass is 10.1. The minimum atomic E-state index is -3.81. The van der Waals surface area contributed by atoms with Crippen LogP contribution in [0.5, 0.6) is 11.5 Å². The van der Waals surface area contributed by atoms with Gasteiger partial charge in [-0.15, -0.1) is 11.6 Å². The van der Waals surface area contributed by atoms with Gasteiger partial charge in [0.05, 0.1) is 25.2 Å². The zero-order chi connectivity index (χ0) is 28.4. The van der Waals surface area contributed by atoms with Gasteiger partial charge in [-0.2, -0.15) is 5.10 Å². The number of sulfonamides is 1. The van der Waals surface area contributed by atoms with Crippen molar-refractivity contribution >= 4 is 27.5 Å². The van der Waals surface area contributed by atoms with E-state index in [-0.39, 0.29) is 17.5 Å². The number of methoxy groups -OCH3 is 2. The molecule has 2 aliphatic rings. The van der Waals surface area contributed by atoms with Crippen molar-refractivity contribution in [3.63, 3.8) is 0 Å². The number of hydrazone groups is 1. The Hall–Kier alpha value is -3.01. The SMILES string of the molecule is CCN(CC)C1=NN(CC/C(C)=C\C=C/CCl)C2C=CC(S(=O)(=O)NCc3ccc(OC)c(OC)c3)=CC1=C2. The highest BCUT2D eigenvalue weighted by Crippen LogP contribution is 2.29. The summed E-state index contributed by atoms with van der Waals surface area (Å²) < 4.78 is 40.2. The van der Waals surface area contributed by atoms with E-state index in [1.807, 2.05) is 29.3 Å². The van der Waals surface area contributed by atoms with Crippen LogP contribution in [0.15, 0.2) is 81.9 Å². The molecule has 0 fully saturated rings. The summed E-state index contributed by atoms with van der Waals surface area (Å²) in [4.78, 5) is 2.34. The molecule has 1 atom stereocenters. The summed E-state index contributed by atoms with van der Waals surface area (Å²) in [5.74, 6) is 2.39. The average molecular weight is 575 g/mol. The molecule has 0 amide bonds. The van der Waals surface area contributed by atoms with E-state index < -0.39 is 10.0 Å². The van der Waals surface area contributed by atoms with E-state index >= 15 is 0 Å². The lowest BCUT2D eigenvalue weighted by Gasteiger charge is -2.34. The molecule has 1 N–H and O–H groups in total. The zero-order valence-corrected chi connectivity index (χ0v) is 24.9. The number of halogens is 1. The topological polar surface area (TPSA) is 83.5 Å². The molecule has 1 aliphatic carbocycles. The fourth-order valence-electron chi connectivity index (χ4n) is 4.30. The van der Waals surface area contributed by atoms with Crippen LogP contribution in [0.2, 0.25) is 0 Å². The molecule has 1 aliphatic heterocycles. The quantitative estimate of drug-likeness (QED) is 0.264. The summed E-state index contributed by atoms with van der Waals surface area (Å²) in [5.41, 5.74) is 2.77. The monoisotopic (exact) mass is 574 g/mol. The maximum Gasteiger partial charge on any atom is 0.240 e. The van der Waals surface area contributed by atoms with E-state index in [1.165, 1.54) is 5.57 Å². The number of nitrogens with zero attached hydrogens (tertiary/aromatic N) is 3. The Balaban J connectivity index is 1.84. The number of nitrogens with one attached hydrogen (secondary N) is 1. The van der Waals surface area contributed by atoms with E-state index in [0.717, 1.165) is 36.5 Å². The summed E-state index contributed by atoms with van der Waals surface area (Å²) in [6, 6.07) is 5.18. The first-order valence-electron chi connectivity index (χ1n) is 13.1. The smallest absolute Gasteiger partial charge is 0.240 e. The maximum absolute atomic E-state index is 13.4. The van der Waals surface area contributed by atoms with Crippen LogP contribution in [0.4, 0.5) is 0 Å². The number of allylic oxidation sites excluding steroid dienone is 4. The van der Waals surface area contributed by atoms with E-state index in [0.29, 0.717) is 23.9 Å². The number of fused-ring (bicyclic) bond motifs is 1. The Labute approximate surface area is 238 Å². The normalized spacial score (nSPS) is 17.5. The minimum Gasteiger partial charge on any atom is -0.493 e. The third-order valence-corrected chi connectivity index (χ3v) is 8.14. The molecule has 8 nitrogen and oxygen atoms in total. The second-order valence-electron chi connectivity index (χ2n) is 9.14. The number of hydrogen-bond acceptors (Lipinski definition) is 7. The average Bonchev–Trinajstić information content (AvgIpc) is 3.14. The van der Waals surface area contributed by atoms with Crippen LogP contribution in [0.25, 0.3) is 0 Å². The van der Waals surface area contributed by atoms with Gasteiger partial charge in [0, 0.05) is 37.6 Å². The molecule has 0 saturated heterocycles. The van der Waals surface area contributed by atoms with Crippen molar-refractivity contribution < 1.29 is 17.9 Å². The first-order valence-corrected chi connectivity index (χ1v) is 15.1. The standard InChI is InChI=1S/C29H39ClN4O4S/c1-6-33(7-2)29-24-19-25(34(32-29)17-15-22(3)10-8-9-16-30)12-13-26(20-24)39(35,36)31-21-23-11-14-27(37-4)28(18-23)38-5/h8-14,18-20,25,31H,6-7,15-17,21H2,1-5H3/b9-8-,22-10-. The van der Waals surface area contributed by atoms with Crippen molar-refractivity contribution in [2.45, 2.75) is 39.8 Å². The summed E-state index contributed by atoms with van der Waals surface area (Å²) >= 11 is 5.73. The first kappa shape index (κ1) is 30.5. The molecule has 1 aromatic rings. The van der Waals surface area contributed by atoms with Gasteiger partial charge in [-0.3, -0.25) is 5.01 Å². The van der Waals surface area contributed by atoms with E-state index in [4.69, 9.17) is 26.2 Å². The largest absolute Gasteiger partial charge is 0.493 e. The number of ether oxygens (including phenoxy) is 2. The van der Waals surface area contributed by atoms with Crippen LogP contribution < -0.4 is 14.2 Å². The highest BCUT2D eigenvalue weighted by Gasteiger charge is 2.28. The Morgan fingerprint density at radius 2 is 1.95 bits per heavy atom. The summed E-state index contributed by atoms with van der Waals surface area (Å²) in [6.07, 6.45) is 14.1. The van der Waals surface area contributed by atoms with Gasteiger partial charge in [0.1, 0.15) is 0 Å². The number of amidine groups is 1. The number of alkyl halides is 1. The Morgan fingerprint density at radius 3 is 2.62 bits per heavy atom. The first-order chi connectivity index (χ1) is 18.8. The van der Waals surface area contributed by atoms with Crippen LogP contribution in [0.3, 0.4) is 0 Å². The summed E-state index contributed by atoms with van der Waals surface area (Å²) in [5, 5.41) is 7.01. The molecule has 1 unspecified atom stereocenters. The molecule has 1 aromatic carbocycles. The molecule has 0 spiro atoms. The fraction of sp³-hybridized carbons (Fsp3) is 0.414. The van der Waals surface area contributed by atoms with Crippen molar-refractivity contribution in [2.75, 3.05) is 39.7 Å². The van der Waals surface area contributed by atoms with E-state index in [2.05, 4.69) is 42.5 Å². The zero-order valence-electron chi connectivity index (χ0n) is 23.4. The minimum absolute atomic E-state index is 0.114. The van der Waals surface area contributed by atoms with Gasteiger partial charge in [0.2, 0.25) is 10.0 Å². The highest BCUT2D eigenvalue weighted by molar-refractivity contribution is 7.93. The molecule has 3 rings (SSSR count). The predicted octanol–water partition coefficient (Wildman–Crippen LogP) is 4.97. The van der Waals surface area contributed by atoms with Gasteiger partial charge < -0.3 is 14.4 Å². The molecule has 39 heavy (non-hydrogen) atoms. The van der Waals surface area contributed by atoms with Crippen LogP contribution in [0, 0.1) is 0 Å². The van der Waals surface area contributed by atoms with Gasteiger partial charge in [-0.1, -0.05) is 35.9 Å². The van der Waals surface area contributed by atoms with Crippen molar-refractivity contribution in [1.82, 2.24) is 14.6 Å². The number of benzene rings is 1. The predicted molar refractivity (Wildman–Crippen MR) is 160 cm³/mol. The van der Waals surface area contributed by atoms with Gasteiger partial charge in [-0.25, -0.2) is 13.1 Å². The molecule has 10 heteroatoms. The highest BCUT2D eigenvalue weighted by atomic mass is 35.5. The maximum atomic E-state index is 13.4. The number of hydrogen-bond donors (Lipinski definition) is 1. The lowest BCUT2D eigenvalue weighted by Crippen LogP contribution is -2.40. The van der Waals surface area contributed by atoms with Gasteiger partial charge in [0.15, 0.2) is 17.3 Å². The molecule has 2 bridgehead atoms. The van der Waals surface area contributed by atoms with E-state index in [9.17, 15) is 8.42 Å². The summed E-state index contributed by atoms with van der Waals surface area (Å²) in [7, 11) is -0.696. The second-order valence-corrected chi connectivity index (χ2v) is 11.2. The van der Waals surface area contributed by atoms with Crippen LogP contribution in [0.1, 0.15) is 32.8 Å². The van der Waals surface area contributed by atoms with Crippen molar-refractivity contribution in [2.24, 2.45) is 5.10 Å². The van der Waals surface area contributed by atoms with Gasteiger partial charge in [-0.05, 0) is 63.1 Å². The molecule has 212 valence electrons. The lowest BCUT2D eigenvalue weighted by molar-refractivity contribution is 0.263. The molecule has 1 heterocycles. The third kappa shape index (κ3) is 8.00. The van der Waals surface area contributed by atoms with Crippen molar-refractivity contribution in [1.29, 1.82) is 0 Å². The Kier molecular flexibility index (Phi) is 11.3. The fourth-order valence-corrected chi connectivity index (χ4v) is 5.46. The van der Waals surface area contributed by atoms with Gasteiger partial charge in [0.25, 0.3) is 0 Å². The third-order valence-electron chi connectivity index (χ3n) is 6.56. The second kappa shape index (κ2) is 14.4. The van der Waals surface area contributed by atoms with Crippen molar-refractivity contribution in [3.8, 4) is 11.5 Å². The van der Waals surface area contributed by atoms with Crippen LogP contribution in [-0.4, -0.2) is 69.9 Å². The molecule has 0 radical (unpaired) electrons. The molecule has 0 aromatic heterocycles. The van der Waals surface area contributed by atoms with Crippen molar-refractivity contribution in [3.05, 3.63) is 82.3 Å². The van der Waals surface area contributed by atoms with Crippen LogP contribution in [-0.2, 0) is 16.6 Å². The Bertz CT molecular complexity index is 1290. The number of rotatable bonds is 13. The number of likely N-dealkylation sites (N-methyl/N-ethyl adjacent to an activating group) is 1. The van der Waals surface area contributed by atoms with Crippen LogP contribution >= 0.6 is 11.6 Å². The molecular formula is C29H39ClN4O4S. The Morgan fingerprint density at radius 1 is 1.21 bits per heavy atom. The molecular weight excluding hydrogens is 536 g/mol. The van der Waals surface area contributed by atoms with Gasteiger partial charge >= 0.3 is 0 Å². The molecule has 0 saturated carbocycles. The summed E-state index contributed by atoms with van der Waals surface area (Å²) in [6.45, 7) is 8.55. The van der Waals surface area contributed by atoms with E-state index in [1.54, 1.807) is 38.5 Å².